The van der Waals surface area contributed by atoms with Gasteiger partial charge in [-0.3, -0.25) is 9.11 Å². The maximum absolute atomic E-state index is 11.9. The Morgan fingerprint density at radius 2 is 0.779 bits per heavy atom. The summed E-state index contributed by atoms with van der Waals surface area (Å²) in [7, 11) is -8.96. The third kappa shape index (κ3) is 10.5. The summed E-state index contributed by atoms with van der Waals surface area (Å²) in [5.41, 5.74) is 6.57. The Kier molecular flexibility index (Phi) is 16.5. The number of nitrogens with two attached hydrogens (primary N) is 2. The van der Waals surface area contributed by atoms with Crippen molar-refractivity contribution in [3.8, 4) is 45.0 Å². The summed E-state index contributed by atoms with van der Waals surface area (Å²) >= 11 is 3.23. The second-order valence-corrected chi connectivity index (χ2v) is 19.1. The Hall–Kier alpha value is -4.74. The molecule has 28 heteroatoms. The molecule has 0 spiro atoms. The van der Waals surface area contributed by atoms with Crippen molar-refractivity contribution in [2.75, 3.05) is 0 Å². The highest BCUT2D eigenvalue weighted by Gasteiger charge is 2.30. The highest BCUT2D eigenvalue weighted by atomic mass is 32.2. The SMILES string of the molecule is CC.CC.NOOSc1cc2c3c(cc(S(=O)(=O)O)cc3c1)-c1nc3ccc(SOOO)cc3nc1-2.NOOSc1ccc2nc3c(nc2c1)-c1cc(SOOO)cc2cc(S(=O)(=O)O)cc-3c12. The molecule has 10 rings (SSSR count). The van der Waals surface area contributed by atoms with Crippen molar-refractivity contribution in [3.05, 3.63) is 84.9 Å². The van der Waals surface area contributed by atoms with Crippen LogP contribution in [0.4, 0.5) is 0 Å². The van der Waals surface area contributed by atoms with Crippen molar-refractivity contribution in [2.45, 2.75) is 57.1 Å². The molecule has 8 aromatic rings. The molecule has 356 valence electrons. The third-order valence-corrected chi connectivity index (χ3v) is 13.5. The van der Waals surface area contributed by atoms with Crippen LogP contribution in [0.5, 0.6) is 0 Å². The second kappa shape index (κ2) is 21.9. The monoisotopic (exact) mass is 1050 g/mol. The number of benzene rings is 6. The van der Waals surface area contributed by atoms with Gasteiger partial charge in [0.15, 0.2) is 0 Å². The molecule has 2 aliphatic carbocycles. The van der Waals surface area contributed by atoms with E-state index in [1.807, 2.05) is 27.7 Å². The van der Waals surface area contributed by atoms with E-state index in [2.05, 4.69) is 43.0 Å². The van der Waals surface area contributed by atoms with Crippen LogP contribution >= 0.6 is 48.2 Å². The van der Waals surface area contributed by atoms with Crippen LogP contribution in [0.3, 0.4) is 0 Å². The zero-order chi connectivity index (χ0) is 48.9. The van der Waals surface area contributed by atoms with Crippen LogP contribution in [-0.2, 0) is 57.6 Å². The fourth-order valence-corrected chi connectivity index (χ4v) is 10.0. The first-order valence-electron chi connectivity index (χ1n) is 19.3. The Labute approximate surface area is 402 Å². The minimum atomic E-state index is -4.48. The number of fused-ring (bicyclic) bond motifs is 8. The lowest BCUT2D eigenvalue weighted by atomic mass is 10.0. The van der Waals surface area contributed by atoms with E-state index in [-0.39, 0.29) is 9.79 Å². The van der Waals surface area contributed by atoms with Crippen molar-refractivity contribution >= 4 is 112 Å². The van der Waals surface area contributed by atoms with E-state index in [1.54, 1.807) is 60.7 Å². The van der Waals surface area contributed by atoms with Gasteiger partial charge < -0.3 is 0 Å². The molecule has 0 saturated heterocycles. The number of hydrogen-bond acceptors (Lipinski definition) is 24. The van der Waals surface area contributed by atoms with E-state index in [9.17, 15) is 25.9 Å². The fourth-order valence-electron chi connectivity index (χ4n) is 7.21. The quantitative estimate of drug-likeness (QED) is 0.0255. The average Bonchev–Trinajstić information content (AvgIpc) is 3.81. The van der Waals surface area contributed by atoms with E-state index >= 15 is 0 Å². The topological polar surface area (TPSA) is 327 Å². The first kappa shape index (κ1) is 51.1. The smallest absolute Gasteiger partial charge is 0.282 e. The van der Waals surface area contributed by atoms with Crippen molar-refractivity contribution in [1.82, 2.24) is 19.9 Å². The van der Waals surface area contributed by atoms with Crippen LogP contribution in [0.2, 0.25) is 0 Å². The molecule has 0 fully saturated rings. The predicted octanol–water partition coefficient (Wildman–Crippen LogP) is 9.92. The molecule has 2 aliphatic rings. The molecule has 0 unspecified atom stereocenters. The Morgan fingerprint density at radius 1 is 0.441 bits per heavy atom. The summed E-state index contributed by atoms with van der Waals surface area (Å²) in [6.45, 7) is 8.00. The summed E-state index contributed by atoms with van der Waals surface area (Å²) < 4.78 is 85.2. The summed E-state index contributed by atoms with van der Waals surface area (Å²) in [5, 5.41) is 26.6. The van der Waals surface area contributed by atoms with Crippen molar-refractivity contribution in [3.63, 3.8) is 0 Å². The summed E-state index contributed by atoms with van der Waals surface area (Å²) in [6, 6.07) is 22.6. The van der Waals surface area contributed by atoms with Gasteiger partial charge in [0.05, 0.1) is 103 Å². The maximum atomic E-state index is 11.9. The molecule has 68 heavy (non-hydrogen) atoms. The lowest BCUT2D eigenvalue weighted by Gasteiger charge is -2.07. The van der Waals surface area contributed by atoms with Crippen LogP contribution in [0, 0.1) is 0 Å². The molecule has 0 saturated carbocycles. The molecular formula is C40H34N6O16S6. The molecule has 0 amide bonds. The highest BCUT2D eigenvalue weighted by Crippen LogP contribution is 2.50. The van der Waals surface area contributed by atoms with Gasteiger partial charge in [-0.05, 0) is 95.7 Å². The zero-order valence-corrected chi connectivity index (χ0v) is 40.1. The maximum Gasteiger partial charge on any atom is 0.294 e. The van der Waals surface area contributed by atoms with Gasteiger partial charge in [0.1, 0.15) is 0 Å². The standard InChI is InChI=1S/2C18H11N3O8S3.2C2H6/c19-26-28-31-10-3-8-4-11(32(23,24)25)7-13-16(8)12(5-10)17-18(13)20-14-2-1-9(30-29-27-22)6-15(14)21-17;19-26-28-30-9-1-2-14-15(6-9)21-17-12-5-10(31-29-27-22)3-8-4-11(32(23,24)25)7-13(16(8)12)18(17)20-14;2*1-2/h2*1-7,22H,19H2,(H,23,24,25);2*1-2H3. The Balaban J connectivity index is 0.000000188. The molecule has 8 N–H and O–H groups in total. The van der Waals surface area contributed by atoms with E-state index in [1.165, 1.54) is 24.3 Å². The van der Waals surface area contributed by atoms with Crippen LogP contribution < -0.4 is 11.8 Å². The lowest BCUT2D eigenvalue weighted by Crippen LogP contribution is -1.98. The first-order valence-corrected chi connectivity index (χ1v) is 25.2. The van der Waals surface area contributed by atoms with Gasteiger partial charge in [-0.25, -0.2) is 30.5 Å². The molecule has 2 heterocycles. The number of nitrogens with zero attached hydrogens (tertiary/aromatic N) is 4. The molecule has 0 aliphatic heterocycles. The Bertz CT molecular complexity index is 3220. The van der Waals surface area contributed by atoms with Gasteiger partial charge in [-0.15, -0.1) is 27.3 Å². The average molecular weight is 1050 g/mol. The van der Waals surface area contributed by atoms with Crippen LogP contribution in [0.1, 0.15) is 27.7 Å². The minimum Gasteiger partial charge on any atom is -0.282 e. The Morgan fingerprint density at radius 3 is 1.15 bits per heavy atom. The van der Waals surface area contributed by atoms with Crippen molar-refractivity contribution in [2.24, 2.45) is 11.8 Å². The van der Waals surface area contributed by atoms with Crippen molar-refractivity contribution < 1.29 is 73.8 Å². The first-order chi connectivity index (χ1) is 32.8. The van der Waals surface area contributed by atoms with Gasteiger partial charge >= 0.3 is 0 Å². The largest absolute Gasteiger partial charge is 0.294 e. The normalized spacial score (nSPS) is 12.0. The lowest BCUT2D eigenvalue weighted by molar-refractivity contribution is -0.432. The van der Waals surface area contributed by atoms with E-state index in [0.29, 0.717) is 115 Å². The van der Waals surface area contributed by atoms with Crippen LogP contribution in [-0.4, -0.2) is 56.4 Å². The van der Waals surface area contributed by atoms with E-state index < -0.39 is 20.2 Å². The van der Waals surface area contributed by atoms with Crippen molar-refractivity contribution in [1.29, 1.82) is 0 Å². The second-order valence-electron chi connectivity index (χ2n) is 13.1. The van der Waals surface area contributed by atoms with Gasteiger partial charge in [0, 0.05) is 52.6 Å². The molecule has 22 nitrogen and oxygen atoms in total. The van der Waals surface area contributed by atoms with Gasteiger partial charge in [-0.1, -0.05) is 37.8 Å². The number of hydrogen-bond donors (Lipinski definition) is 6. The molecule has 0 atom stereocenters. The number of aromatic nitrogens is 4. The molecule has 0 radical (unpaired) electrons. The summed E-state index contributed by atoms with van der Waals surface area (Å²) in [4.78, 5) is 28.9. The molecular weight excluding hydrogens is 1010 g/mol. The van der Waals surface area contributed by atoms with E-state index in [0.717, 1.165) is 41.5 Å². The summed E-state index contributed by atoms with van der Waals surface area (Å²) in [6.07, 6.45) is 0. The van der Waals surface area contributed by atoms with Gasteiger partial charge in [0.25, 0.3) is 20.2 Å². The zero-order valence-electron chi connectivity index (χ0n) is 35.2. The molecule has 0 bridgehead atoms. The summed E-state index contributed by atoms with van der Waals surface area (Å²) in [5.74, 6) is 9.80. The van der Waals surface area contributed by atoms with Gasteiger partial charge in [0.2, 0.25) is 0 Å². The molecule has 2 aromatic heterocycles. The third-order valence-electron chi connectivity index (χ3n) is 9.54. The molecule has 6 aromatic carbocycles. The van der Waals surface area contributed by atoms with Gasteiger partial charge in [-0.2, -0.15) is 28.6 Å². The number of rotatable bonds is 14. The van der Waals surface area contributed by atoms with Crippen LogP contribution in [0.15, 0.2) is 114 Å². The van der Waals surface area contributed by atoms with E-state index in [4.69, 9.17) is 36.6 Å². The fraction of sp³-hybridized carbons (Fsp3) is 0.100. The minimum absolute atomic E-state index is 0.272. The van der Waals surface area contributed by atoms with Crippen LogP contribution in [0.25, 0.3) is 88.6 Å². The predicted molar refractivity (Wildman–Crippen MR) is 251 cm³/mol. The highest BCUT2D eigenvalue weighted by molar-refractivity contribution is 7.95.